The molecule has 1 aliphatic rings. The molecule has 1 heterocycles. The van der Waals surface area contributed by atoms with Gasteiger partial charge in [0.25, 0.3) is 0 Å². The van der Waals surface area contributed by atoms with Gasteiger partial charge in [-0.25, -0.2) is 5.43 Å². The predicted octanol–water partition coefficient (Wildman–Crippen LogP) is 1.71. The van der Waals surface area contributed by atoms with Crippen molar-refractivity contribution in [2.45, 2.75) is 25.9 Å². The minimum Gasteiger partial charge on any atom is -0.286 e. The number of hydrogen-bond donors (Lipinski definition) is 1. The summed E-state index contributed by atoms with van der Waals surface area (Å²) < 4.78 is 0. The third-order valence-electron chi connectivity index (χ3n) is 2.68. The Morgan fingerprint density at radius 1 is 1.24 bits per heavy atom. The molecule has 0 aliphatic carbocycles. The van der Waals surface area contributed by atoms with E-state index in [0.29, 0.717) is 5.02 Å². The molecule has 0 saturated carbocycles. The molecule has 0 aromatic heterocycles. The van der Waals surface area contributed by atoms with Crippen molar-refractivity contribution in [3.63, 3.8) is 0 Å². The molecule has 1 fully saturated rings. The molecule has 90 valence electrons. The first kappa shape index (κ1) is 12.1. The van der Waals surface area contributed by atoms with Crippen LogP contribution in [-0.4, -0.2) is 22.7 Å². The lowest BCUT2D eigenvalue weighted by molar-refractivity contribution is -0.141. The highest BCUT2D eigenvalue weighted by Crippen LogP contribution is 2.23. The van der Waals surface area contributed by atoms with Crippen molar-refractivity contribution < 1.29 is 9.59 Å². The number of carbonyl (C=O) groups is 2. The molecular formula is C12H13ClN2O2. The molecule has 1 N–H and O–H groups in total. The van der Waals surface area contributed by atoms with Gasteiger partial charge in [0.1, 0.15) is 6.04 Å². The summed E-state index contributed by atoms with van der Waals surface area (Å²) >= 11 is 5.78. The van der Waals surface area contributed by atoms with E-state index in [2.05, 4.69) is 5.43 Å². The third kappa shape index (κ3) is 2.18. The second-order valence-electron chi connectivity index (χ2n) is 4.25. The summed E-state index contributed by atoms with van der Waals surface area (Å²) in [5.74, 6) is -0.916. The largest absolute Gasteiger partial charge is 0.306 e. The van der Waals surface area contributed by atoms with E-state index < -0.39 is 17.7 Å². The minimum absolute atomic E-state index is 0.0521. The fourth-order valence-electron chi connectivity index (χ4n) is 1.76. The van der Waals surface area contributed by atoms with Crippen molar-refractivity contribution in [3.8, 4) is 0 Å². The Morgan fingerprint density at radius 3 is 2.29 bits per heavy atom. The van der Waals surface area contributed by atoms with Crippen LogP contribution in [0.1, 0.15) is 25.5 Å². The molecule has 5 heteroatoms. The van der Waals surface area contributed by atoms with Gasteiger partial charge in [0.05, 0.1) is 0 Å². The number of carbonyl (C=O) groups excluding carboxylic acids is 2. The van der Waals surface area contributed by atoms with Crippen molar-refractivity contribution in [2.24, 2.45) is 0 Å². The highest BCUT2D eigenvalue weighted by atomic mass is 35.5. The van der Waals surface area contributed by atoms with E-state index in [0.717, 1.165) is 5.56 Å². The van der Waals surface area contributed by atoms with Crippen LogP contribution in [0.2, 0.25) is 5.02 Å². The molecule has 1 aromatic rings. The number of rotatable bonds is 2. The van der Waals surface area contributed by atoms with E-state index in [1.807, 2.05) is 13.8 Å². The Balaban J connectivity index is 2.26. The van der Waals surface area contributed by atoms with Crippen LogP contribution >= 0.6 is 11.6 Å². The maximum atomic E-state index is 11.8. The normalized spacial score (nSPS) is 20.5. The topological polar surface area (TPSA) is 49.4 Å². The molecule has 4 nitrogen and oxygen atoms in total. The Bertz CT molecular complexity index is 456. The summed E-state index contributed by atoms with van der Waals surface area (Å²) in [6.07, 6.45) is 0. The molecule has 1 amide bonds. The zero-order chi connectivity index (χ0) is 12.6. The maximum Gasteiger partial charge on any atom is 0.306 e. The fourth-order valence-corrected chi connectivity index (χ4v) is 1.89. The van der Waals surface area contributed by atoms with Gasteiger partial charge in [-0.2, -0.15) is 0 Å². The SMILES string of the molecule is CC(C)N1NC(c2ccc(Cl)cc2)C(=O)C1=O. The number of hydrogen-bond acceptors (Lipinski definition) is 3. The number of halogens is 1. The van der Waals surface area contributed by atoms with Gasteiger partial charge in [0.15, 0.2) is 0 Å². The Hall–Kier alpha value is -1.39. The maximum absolute atomic E-state index is 11.8. The van der Waals surface area contributed by atoms with Crippen molar-refractivity contribution in [1.29, 1.82) is 0 Å². The monoisotopic (exact) mass is 252 g/mol. The highest BCUT2D eigenvalue weighted by molar-refractivity contribution is 6.39. The minimum atomic E-state index is -0.595. The zero-order valence-corrected chi connectivity index (χ0v) is 10.4. The Kier molecular flexibility index (Phi) is 3.17. The van der Waals surface area contributed by atoms with Gasteiger partial charge in [0.2, 0.25) is 5.78 Å². The molecule has 0 bridgehead atoms. The van der Waals surface area contributed by atoms with Crippen LogP contribution in [0.5, 0.6) is 0 Å². The summed E-state index contributed by atoms with van der Waals surface area (Å²) in [4.78, 5) is 23.5. The molecule has 0 radical (unpaired) electrons. The average molecular weight is 253 g/mol. The molecular weight excluding hydrogens is 240 g/mol. The van der Waals surface area contributed by atoms with E-state index in [1.165, 1.54) is 5.01 Å². The van der Waals surface area contributed by atoms with Crippen molar-refractivity contribution >= 4 is 23.3 Å². The van der Waals surface area contributed by atoms with Gasteiger partial charge < -0.3 is 0 Å². The molecule has 2 rings (SSSR count). The molecule has 1 aliphatic heterocycles. The Morgan fingerprint density at radius 2 is 1.82 bits per heavy atom. The highest BCUT2D eigenvalue weighted by Gasteiger charge is 2.40. The third-order valence-corrected chi connectivity index (χ3v) is 2.93. The number of nitrogens with one attached hydrogen (secondary N) is 1. The summed E-state index contributed by atoms with van der Waals surface area (Å²) in [6, 6.07) is 6.25. The standard InChI is InChI=1S/C12H13ClN2O2/c1-7(2)15-12(17)11(16)10(14-15)8-3-5-9(13)6-4-8/h3-7,10,14H,1-2H3. The lowest BCUT2D eigenvalue weighted by atomic mass is 10.0. The van der Waals surface area contributed by atoms with Crippen LogP contribution in [0.3, 0.4) is 0 Å². The first-order valence-corrected chi connectivity index (χ1v) is 5.77. The first-order valence-electron chi connectivity index (χ1n) is 5.39. The number of nitrogens with zero attached hydrogens (tertiary/aromatic N) is 1. The smallest absolute Gasteiger partial charge is 0.286 e. The van der Waals surface area contributed by atoms with Crippen LogP contribution in [0.4, 0.5) is 0 Å². The summed E-state index contributed by atoms with van der Waals surface area (Å²) in [5.41, 5.74) is 3.66. The summed E-state index contributed by atoms with van der Waals surface area (Å²) in [7, 11) is 0. The van der Waals surface area contributed by atoms with Gasteiger partial charge >= 0.3 is 5.91 Å². The van der Waals surface area contributed by atoms with Crippen LogP contribution in [0.15, 0.2) is 24.3 Å². The van der Waals surface area contributed by atoms with E-state index in [9.17, 15) is 9.59 Å². The second-order valence-corrected chi connectivity index (χ2v) is 4.68. The summed E-state index contributed by atoms with van der Waals surface area (Å²) in [6.45, 7) is 3.70. The van der Waals surface area contributed by atoms with E-state index >= 15 is 0 Å². The second kappa shape index (κ2) is 4.47. The van der Waals surface area contributed by atoms with Crippen molar-refractivity contribution in [3.05, 3.63) is 34.9 Å². The van der Waals surface area contributed by atoms with Gasteiger partial charge in [0, 0.05) is 11.1 Å². The predicted molar refractivity (Wildman–Crippen MR) is 64.3 cm³/mol. The molecule has 1 aromatic carbocycles. The number of hydrazine groups is 1. The van der Waals surface area contributed by atoms with E-state index in [4.69, 9.17) is 11.6 Å². The number of ketones is 1. The Labute approximate surface area is 105 Å². The first-order chi connectivity index (χ1) is 8.00. The van der Waals surface area contributed by atoms with Crippen LogP contribution < -0.4 is 5.43 Å². The van der Waals surface area contributed by atoms with Crippen LogP contribution in [0.25, 0.3) is 0 Å². The average Bonchev–Trinajstić information content (AvgIpc) is 2.58. The number of Topliss-reactive ketones (excluding diaryl/α,β-unsaturated/α-hetero) is 1. The summed E-state index contributed by atoms with van der Waals surface area (Å²) in [5, 5.41) is 1.97. The molecule has 1 unspecified atom stereocenters. The van der Waals surface area contributed by atoms with E-state index in [1.54, 1.807) is 24.3 Å². The van der Waals surface area contributed by atoms with Crippen LogP contribution in [-0.2, 0) is 9.59 Å². The van der Waals surface area contributed by atoms with Crippen LogP contribution in [0, 0.1) is 0 Å². The fraction of sp³-hybridized carbons (Fsp3) is 0.333. The number of amides is 1. The zero-order valence-electron chi connectivity index (χ0n) is 9.61. The van der Waals surface area contributed by atoms with Gasteiger partial charge in [-0.05, 0) is 31.5 Å². The van der Waals surface area contributed by atoms with E-state index in [-0.39, 0.29) is 6.04 Å². The van der Waals surface area contributed by atoms with Gasteiger partial charge in [-0.3, -0.25) is 14.6 Å². The quantitative estimate of drug-likeness (QED) is 0.816. The molecule has 1 atom stereocenters. The number of benzene rings is 1. The van der Waals surface area contributed by atoms with Gasteiger partial charge in [-0.15, -0.1) is 0 Å². The molecule has 17 heavy (non-hydrogen) atoms. The molecule has 0 spiro atoms. The lowest BCUT2D eigenvalue weighted by Crippen LogP contribution is -2.40. The van der Waals surface area contributed by atoms with Gasteiger partial charge in [-0.1, -0.05) is 23.7 Å². The van der Waals surface area contributed by atoms with Crippen molar-refractivity contribution in [1.82, 2.24) is 10.4 Å². The molecule has 1 saturated heterocycles. The lowest BCUT2D eigenvalue weighted by Gasteiger charge is -2.20. The van der Waals surface area contributed by atoms with Crippen molar-refractivity contribution in [2.75, 3.05) is 0 Å².